The zero-order valence-corrected chi connectivity index (χ0v) is 13.2. The van der Waals surface area contributed by atoms with E-state index in [1.54, 1.807) is 6.07 Å². The largest absolute Gasteiger partial charge is 0.360 e. The van der Waals surface area contributed by atoms with Crippen molar-refractivity contribution >= 4 is 11.7 Å². The molecular formula is C15H26N4O. The summed E-state index contributed by atoms with van der Waals surface area (Å²) >= 11 is 0. The van der Waals surface area contributed by atoms with Crippen LogP contribution in [-0.4, -0.2) is 35.5 Å². The Hall–Kier alpha value is -1.65. The van der Waals surface area contributed by atoms with Crippen molar-refractivity contribution in [3.63, 3.8) is 0 Å². The van der Waals surface area contributed by atoms with E-state index >= 15 is 0 Å². The van der Waals surface area contributed by atoms with Crippen LogP contribution in [0.4, 0.5) is 5.82 Å². The normalized spacial score (nSPS) is 12.1. The molecule has 112 valence electrons. The van der Waals surface area contributed by atoms with E-state index in [2.05, 4.69) is 27.1 Å². The van der Waals surface area contributed by atoms with Crippen molar-refractivity contribution in [1.82, 2.24) is 15.3 Å². The average Bonchev–Trinajstić information content (AvgIpc) is 2.43. The summed E-state index contributed by atoms with van der Waals surface area (Å²) in [5.41, 5.74) is 0.441. The van der Waals surface area contributed by atoms with Crippen molar-refractivity contribution in [3.05, 3.63) is 17.6 Å². The first-order chi connectivity index (χ1) is 9.47. The topological polar surface area (TPSA) is 58.1 Å². The number of unbranched alkanes of at least 4 members (excludes halogenated alkanes) is 1. The highest BCUT2D eigenvalue weighted by Gasteiger charge is 2.13. The van der Waals surface area contributed by atoms with E-state index < -0.39 is 0 Å². The molecule has 1 amide bonds. The zero-order chi connectivity index (χ0) is 15.1. The third kappa shape index (κ3) is 4.79. The monoisotopic (exact) mass is 278 g/mol. The molecule has 0 aliphatic heterocycles. The lowest BCUT2D eigenvalue weighted by Gasteiger charge is -2.19. The molecule has 1 rings (SSSR count). The van der Waals surface area contributed by atoms with Crippen LogP contribution in [0.3, 0.4) is 0 Å². The highest BCUT2D eigenvalue weighted by atomic mass is 16.1. The molecule has 0 fully saturated rings. The van der Waals surface area contributed by atoms with Gasteiger partial charge in [0.25, 0.3) is 5.91 Å². The van der Waals surface area contributed by atoms with E-state index in [0.717, 1.165) is 31.6 Å². The number of nitrogens with zero attached hydrogens (tertiary/aromatic N) is 3. The number of amides is 1. The van der Waals surface area contributed by atoms with E-state index in [1.165, 1.54) is 0 Å². The van der Waals surface area contributed by atoms with Gasteiger partial charge in [-0.2, -0.15) is 0 Å². The van der Waals surface area contributed by atoms with Gasteiger partial charge in [-0.15, -0.1) is 0 Å². The van der Waals surface area contributed by atoms with Gasteiger partial charge in [0.2, 0.25) is 0 Å². The van der Waals surface area contributed by atoms with Crippen LogP contribution in [0.2, 0.25) is 0 Å². The second kappa shape index (κ2) is 7.82. The molecule has 0 saturated carbocycles. The Kier molecular flexibility index (Phi) is 6.42. The van der Waals surface area contributed by atoms with Gasteiger partial charge in [0.15, 0.2) is 0 Å². The minimum absolute atomic E-state index is 0.130. The van der Waals surface area contributed by atoms with Crippen LogP contribution in [0.1, 0.15) is 56.3 Å². The number of aryl methyl sites for hydroxylation is 1. The average molecular weight is 278 g/mol. The van der Waals surface area contributed by atoms with Gasteiger partial charge in [-0.25, -0.2) is 9.97 Å². The number of hydrogen-bond acceptors (Lipinski definition) is 4. The lowest BCUT2D eigenvalue weighted by molar-refractivity contribution is 0.0934. The summed E-state index contributed by atoms with van der Waals surface area (Å²) in [6, 6.07) is 1.92. The molecule has 0 aliphatic carbocycles. The molecule has 0 spiro atoms. The Morgan fingerprint density at radius 3 is 2.70 bits per heavy atom. The smallest absolute Gasteiger partial charge is 0.270 e. The number of rotatable bonds is 7. The van der Waals surface area contributed by atoms with Gasteiger partial charge in [-0.3, -0.25) is 4.79 Å². The van der Waals surface area contributed by atoms with Gasteiger partial charge < -0.3 is 10.2 Å². The van der Waals surface area contributed by atoms with Crippen molar-refractivity contribution in [2.24, 2.45) is 0 Å². The van der Waals surface area contributed by atoms with Crippen molar-refractivity contribution < 1.29 is 4.79 Å². The Balaban J connectivity index is 2.87. The van der Waals surface area contributed by atoms with Gasteiger partial charge in [0.05, 0.1) is 0 Å². The number of carbonyl (C=O) groups is 1. The first-order valence-corrected chi connectivity index (χ1v) is 7.35. The summed E-state index contributed by atoms with van der Waals surface area (Å²) in [4.78, 5) is 22.8. The van der Waals surface area contributed by atoms with Crippen molar-refractivity contribution in [2.45, 2.75) is 53.0 Å². The van der Waals surface area contributed by atoms with Crippen LogP contribution in [0.25, 0.3) is 0 Å². The molecule has 1 unspecified atom stereocenters. The van der Waals surface area contributed by atoms with Crippen LogP contribution in [0, 0.1) is 6.92 Å². The molecule has 1 heterocycles. The lowest BCUT2D eigenvalue weighted by atomic mass is 10.2. The molecule has 5 nitrogen and oxygen atoms in total. The quantitative estimate of drug-likeness (QED) is 0.832. The fourth-order valence-electron chi connectivity index (χ4n) is 1.77. The van der Waals surface area contributed by atoms with Crippen LogP contribution in [0.15, 0.2) is 6.07 Å². The van der Waals surface area contributed by atoms with Crippen LogP contribution in [-0.2, 0) is 0 Å². The predicted octanol–water partition coefficient (Wildman–Crippen LogP) is 2.55. The van der Waals surface area contributed by atoms with E-state index in [-0.39, 0.29) is 11.9 Å². The van der Waals surface area contributed by atoms with Crippen LogP contribution in [0.5, 0.6) is 0 Å². The van der Waals surface area contributed by atoms with Crippen molar-refractivity contribution in [2.75, 3.05) is 18.5 Å². The van der Waals surface area contributed by atoms with E-state index in [1.807, 2.05) is 27.8 Å². The minimum Gasteiger partial charge on any atom is -0.360 e. The van der Waals surface area contributed by atoms with E-state index in [0.29, 0.717) is 11.5 Å². The number of carbonyl (C=O) groups excluding carboxylic acids is 1. The highest BCUT2D eigenvalue weighted by Crippen LogP contribution is 2.12. The summed E-state index contributed by atoms with van der Waals surface area (Å²) < 4.78 is 0. The molecule has 1 aromatic heterocycles. The van der Waals surface area contributed by atoms with Gasteiger partial charge in [0, 0.05) is 25.7 Å². The first-order valence-electron chi connectivity index (χ1n) is 7.35. The van der Waals surface area contributed by atoms with Crippen LogP contribution >= 0.6 is 0 Å². The predicted molar refractivity (Wildman–Crippen MR) is 82.2 cm³/mol. The fraction of sp³-hybridized carbons (Fsp3) is 0.667. The molecule has 20 heavy (non-hydrogen) atoms. The van der Waals surface area contributed by atoms with E-state index in [9.17, 15) is 4.79 Å². The zero-order valence-electron chi connectivity index (χ0n) is 13.2. The molecule has 0 radical (unpaired) electrons. The van der Waals surface area contributed by atoms with Crippen LogP contribution < -0.4 is 10.2 Å². The molecule has 0 saturated heterocycles. The summed E-state index contributed by atoms with van der Waals surface area (Å²) in [5.74, 6) is 1.30. The van der Waals surface area contributed by atoms with Gasteiger partial charge in [0.1, 0.15) is 17.3 Å². The second-order valence-corrected chi connectivity index (χ2v) is 5.22. The molecule has 0 bridgehead atoms. The maximum Gasteiger partial charge on any atom is 0.270 e. The Morgan fingerprint density at radius 2 is 2.10 bits per heavy atom. The van der Waals surface area contributed by atoms with Crippen molar-refractivity contribution in [3.8, 4) is 0 Å². The number of anilines is 1. The van der Waals surface area contributed by atoms with E-state index in [4.69, 9.17) is 0 Å². The summed E-state index contributed by atoms with van der Waals surface area (Å²) in [5, 5.41) is 2.93. The highest BCUT2D eigenvalue weighted by molar-refractivity contribution is 5.93. The number of aromatic nitrogens is 2. The molecule has 0 aromatic carbocycles. The minimum atomic E-state index is -0.130. The maximum atomic E-state index is 12.1. The first kappa shape index (κ1) is 16.4. The number of nitrogens with one attached hydrogen (secondary N) is 1. The Labute approximate surface area is 121 Å². The SMILES string of the molecule is CCCCN(C)c1cc(C(=O)NC(C)CC)nc(C)n1. The molecule has 0 aliphatic rings. The summed E-state index contributed by atoms with van der Waals surface area (Å²) in [6.45, 7) is 8.93. The van der Waals surface area contributed by atoms with Gasteiger partial charge in [-0.05, 0) is 26.7 Å². The maximum absolute atomic E-state index is 12.1. The third-order valence-corrected chi connectivity index (χ3v) is 3.29. The van der Waals surface area contributed by atoms with Gasteiger partial charge in [-0.1, -0.05) is 20.3 Å². The summed E-state index contributed by atoms with van der Waals surface area (Å²) in [7, 11) is 1.99. The molecule has 5 heteroatoms. The summed E-state index contributed by atoms with van der Waals surface area (Å²) in [6.07, 6.45) is 3.14. The molecular weight excluding hydrogens is 252 g/mol. The molecule has 1 aromatic rings. The second-order valence-electron chi connectivity index (χ2n) is 5.22. The fourth-order valence-corrected chi connectivity index (χ4v) is 1.77. The lowest BCUT2D eigenvalue weighted by Crippen LogP contribution is -2.33. The van der Waals surface area contributed by atoms with Crippen molar-refractivity contribution in [1.29, 1.82) is 0 Å². The number of hydrogen-bond donors (Lipinski definition) is 1. The van der Waals surface area contributed by atoms with Gasteiger partial charge >= 0.3 is 0 Å². The Bertz CT molecular complexity index is 447. The molecule has 1 N–H and O–H groups in total. The Morgan fingerprint density at radius 1 is 1.40 bits per heavy atom. The standard InChI is InChI=1S/C15H26N4O/c1-6-8-9-19(5)14-10-13(17-12(4)18-14)15(20)16-11(3)7-2/h10-11H,6-9H2,1-5H3,(H,16,20). The molecule has 1 atom stereocenters. The third-order valence-electron chi connectivity index (χ3n) is 3.29.